The zero-order valence-corrected chi connectivity index (χ0v) is 11.3. The van der Waals surface area contributed by atoms with Crippen molar-refractivity contribution in [1.29, 1.82) is 0 Å². The summed E-state index contributed by atoms with van der Waals surface area (Å²) >= 11 is 1.33. The summed E-state index contributed by atoms with van der Waals surface area (Å²) in [7, 11) is 0. The highest BCUT2D eigenvalue weighted by Gasteiger charge is 2.41. The predicted octanol–water partition coefficient (Wildman–Crippen LogP) is 3.39. The van der Waals surface area contributed by atoms with Crippen LogP contribution in [0, 0.1) is 5.41 Å². The first-order valence-electron chi connectivity index (χ1n) is 5.92. The van der Waals surface area contributed by atoms with Crippen LogP contribution in [0.3, 0.4) is 0 Å². The molecule has 2 nitrogen and oxygen atoms in total. The van der Waals surface area contributed by atoms with Gasteiger partial charge in [0.1, 0.15) is 0 Å². The van der Waals surface area contributed by atoms with Crippen LogP contribution in [-0.2, 0) is 0 Å². The van der Waals surface area contributed by atoms with Gasteiger partial charge >= 0.3 is 12.3 Å². The maximum Gasteiger partial charge on any atom is 0.324 e. The summed E-state index contributed by atoms with van der Waals surface area (Å²) in [4.78, 5) is 4.18. The first kappa shape index (κ1) is 15.6. The molecular weight excluding hydrogens is 268 g/mol. The smallest absolute Gasteiger partial charge is 0.324 e. The molecule has 0 saturated carbocycles. The SMILES string of the molecule is CCC1(CC)CN=C(NCC(F)(F)C(F)F)SC1. The van der Waals surface area contributed by atoms with Crippen molar-refractivity contribution in [2.45, 2.75) is 39.0 Å². The highest BCUT2D eigenvalue weighted by atomic mass is 32.2. The molecule has 1 rings (SSSR count). The first-order chi connectivity index (χ1) is 8.35. The van der Waals surface area contributed by atoms with E-state index in [0.717, 1.165) is 18.6 Å². The largest absolute Gasteiger partial charge is 0.359 e. The molecule has 0 amide bonds. The Kier molecular flexibility index (Phi) is 5.31. The van der Waals surface area contributed by atoms with Gasteiger partial charge in [0, 0.05) is 12.3 Å². The number of thioether (sulfide) groups is 1. The van der Waals surface area contributed by atoms with E-state index >= 15 is 0 Å². The predicted molar refractivity (Wildman–Crippen MR) is 66.7 cm³/mol. The average molecular weight is 286 g/mol. The van der Waals surface area contributed by atoms with Crippen LogP contribution >= 0.6 is 11.8 Å². The van der Waals surface area contributed by atoms with Crippen LogP contribution in [-0.4, -0.2) is 36.4 Å². The van der Waals surface area contributed by atoms with Crippen molar-refractivity contribution in [3.8, 4) is 0 Å². The molecule has 1 aliphatic heterocycles. The number of aliphatic imine (C=N–C) groups is 1. The Hall–Kier alpha value is -0.460. The van der Waals surface area contributed by atoms with Gasteiger partial charge in [0.25, 0.3) is 0 Å². The third-order valence-electron chi connectivity index (χ3n) is 3.37. The van der Waals surface area contributed by atoms with Gasteiger partial charge in [0.2, 0.25) is 0 Å². The van der Waals surface area contributed by atoms with Gasteiger partial charge in [-0.25, -0.2) is 8.78 Å². The van der Waals surface area contributed by atoms with E-state index in [1.165, 1.54) is 11.8 Å². The molecule has 0 aromatic carbocycles. The molecule has 7 heteroatoms. The third-order valence-corrected chi connectivity index (χ3v) is 4.67. The van der Waals surface area contributed by atoms with E-state index in [0.29, 0.717) is 11.7 Å². The molecule has 0 atom stereocenters. The minimum Gasteiger partial charge on any atom is -0.359 e. The minimum absolute atomic E-state index is 0.112. The first-order valence-corrected chi connectivity index (χ1v) is 6.91. The van der Waals surface area contributed by atoms with Crippen LogP contribution in [0.2, 0.25) is 0 Å². The number of rotatable bonds is 5. The lowest BCUT2D eigenvalue weighted by Gasteiger charge is -2.33. The molecule has 106 valence electrons. The van der Waals surface area contributed by atoms with E-state index in [1.807, 2.05) is 0 Å². The minimum atomic E-state index is -4.01. The second-order valence-electron chi connectivity index (χ2n) is 4.53. The van der Waals surface area contributed by atoms with Crippen LogP contribution in [0.25, 0.3) is 0 Å². The molecule has 0 saturated heterocycles. The van der Waals surface area contributed by atoms with Crippen LogP contribution < -0.4 is 5.32 Å². The van der Waals surface area contributed by atoms with Crippen molar-refractivity contribution < 1.29 is 17.6 Å². The Morgan fingerprint density at radius 1 is 1.39 bits per heavy atom. The molecule has 0 aromatic heterocycles. The summed E-state index contributed by atoms with van der Waals surface area (Å²) in [5.74, 6) is -3.22. The van der Waals surface area contributed by atoms with E-state index < -0.39 is 18.9 Å². The fourth-order valence-corrected chi connectivity index (χ4v) is 2.88. The highest BCUT2D eigenvalue weighted by Crippen LogP contribution is 2.35. The zero-order chi connectivity index (χ0) is 13.8. The number of nitrogens with zero attached hydrogens (tertiary/aromatic N) is 1. The zero-order valence-electron chi connectivity index (χ0n) is 10.5. The number of hydrogen-bond donors (Lipinski definition) is 1. The van der Waals surface area contributed by atoms with E-state index in [9.17, 15) is 17.6 Å². The fraction of sp³-hybridized carbons (Fsp3) is 0.909. The van der Waals surface area contributed by atoms with Gasteiger partial charge < -0.3 is 5.32 Å². The van der Waals surface area contributed by atoms with E-state index in [4.69, 9.17) is 0 Å². The van der Waals surface area contributed by atoms with Crippen molar-refractivity contribution in [3.05, 3.63) is 0 Å². The molecule has 18 heavy (non-hydrogen) atoms. The summed E-state index contributed by atoms with van der Waals surface area (Å²) in [6.45, 7) is 3.64. The number of nitrogens with one attached hydrogen (secondary N) is 1. The molecule has 0 unspecified atom stereocenters. The molecule has 0 radical (unpaired) electrons. The molecule has 1 N–H and O–H groups in total. The molecule has 1 heterocycles. The van der Waals surface area contributed by atoms with E-state index in [2.05, 4.69) is 24.2 Å². The second kappa shape index (κ2) is 6.12. The monoisotopic (exact) mass is 286 g/mol. The standard InChI is InChI=1S/C11H18F4N2S/c1-3-10(4-2)5-16-9(18-7-10)17-6-11(14,15)8(12)13/h8H,3-7H2,1-2H3,(H,16,17). The maximum absolute atomic E-state index is 12.7. The molecular formula is C11H18F4N2S. The van der Waals surface area contributed by atoms with Gasteiger partial charge in [0.15, 0.2) is 5.17 Å². The van der Waals surface area contributed by atoms with E-state index in [-0.39, 0.29) is 5.41 Å². The van der Waals surface area contributed by atoms with Crippen LogP contribution in [0.1, 0.15) is 26.7 Å². The number of amidine groups is 1. The Labute approximate surface area is 109 Å². The maximum atomic E-state index is 12.7. The van der Waals surface area contributed by atoms with Crippen molar-refractivity contribution >= 4 is 16.9 Å². The number of halogens is 4. The molecule has 0 aliphatic carbocycles. The van der Waals surface area contributed by atoms with Crippen molar-refractivity contribution in [3.63, 3.8) is 0 Å². The number of alkyl halides is 4. The molecule has 0 spiro atoms. The van der Waals surface area contributed by atoms with Gasteiger partial charge in [-0.3, -0.25) is 4.99 Å². The topological polar surface area (TPSA) is 24.4 Å². The van der Waals surface area contributed by atoms with E-state index in [1.54, 1.807) is 0 Å². The lowest BCUT2D eigenvalue weighted by atomic mass is 9.84. The Bertz CT molecular complexity index is 303. The van der Waals surface area contributed by atoms with Crippen LogP contribution in [0.5, 0.6) is 0 Å². The van der Waals surface area contributed by atoms with Gasteiger partial charge in [-0.1, -0.05) is 25.6 Å². The summed E-state index contributed by atoms with van der Waals surface area (Å²) in [6, 6.07) is 0. The summed E-state index contributed by atoms with van der Waals surface area (Å²) in [6.07, 6.45) is -1.70. The fourth-order valence-electron chi connectivity index (χ4n) is 1.61. The number of hydrogen-bond acceptors (Lipinski definition) is 3. The van der Waals surface area contributed by atoms with Crippen molar-refractivity contribution in [2.75, 3.05) is 18.8 Å². The van der Waals surface area contributed by atoms with Gasteiger partial charge in [-0.05, 0) is 18.3 Å². The van der Waals surface area contributed by atoms with Crippen LogP contribution in [0.4, 0.5) is 17.6 Å². The third kappa shape index (κ3) is 3.76. The Morgan fingerprint density at radius 3 is 2.39 bits per heavy atom. The molecule has 0 fully saturated rings. The normalized spacial score (nSPS) is 19.8. The van der Waals surface area contributed by atoms with Crippen LogP contribution in [0.15, 0.2) is 4.99 Å². The Balaban J connectivity index is 2.50. The summed E-state index contributed by atoms with van der Waals surface area (Å²) < 4.78 is 49.3. The van der Waals surface area contributed by atoms with Gasteiger partial charge in [-0.2, -0.15) is 8.78 Å². The summed E-state index contributed by atoms with van der Waals surface area (Å²) in [5, 5.41) is 2.65. The Morgan fingerprint density at radius 2 is 2.00 bits per heavy atom. The highest BCUT2D eigenvalue weighted by molar-refractivity contribution is 8.13. The lowest BCUT2D eigenvalue weighted by Crippen LogP contribution is -2.42. The molecule has 0 bridgehead atoms. The van der Waals surface area contributed by atoms with Crippen molar-refractivity contribution in [2.24, 2.45) is 10.4 Å². The lowest BCUT2D eigenvalue weighted by molar-refractivity contribution is -0.122. The average Bonchev–Trinajstić information content (AvgIpc) is 2.37. The van der Waals surface area contributed by atoms with Gasteiger partial charge in [-0.15, -0.1) is 0 Å². The molecule has 1 aliphatic rings. The summed E-state index contributed by atoms with van der Waals surface area (Å²) in [5.41, 5.74) is 0.112. The quantitative estimate of drug-likeness (QED) is 0.783. The second-order valence-corrected chi connectivity index (χ2v) is 5.50. The van der Waals surface area contributed by atoms with Crippen molar-refractivity contribution in [1.82, 2.24) is 5.32 Å². The molecule has 0 aromatic rings. The van der Waals surface area contributed by atoms with Gasteiger partial charge in [0.05, 0.1) is 6.54 Å².